The van der Waals surface area contributed by atoms with Gasteiger partial charge in [0, 0.05) is 36.8 Å². The van der Waals surface area contributed by atoms with E-state index in [0.717, 1.165) is 42.9 Å². The molecule has 5 heteroatoms. The van der Waals surface area contributed by atoms with Crippen molar-refractivity contribution in [2.45, 2.75) is 45.2 Å². The zero-order valence-electron chi connectivity index (χ0n) is 12.2. The Bertz CT molecular complexity index is 458. The van der Waals surface area contributed by atoms with Gasteiger partial charge in [-0.05, 0) is 32.7 Å². The molecule has 2 rings (SSSR count). The molecular formula is C15H23N3O2. The molecule has 20 heavy (non-hydrogen) atoms. The average Bonchev–Trinajstić information content (AvgIpc) is 3.21. The van der Waals surface area contributed by atoms with Gasteiger partial charge in [0.1, 0.15) is 5.75 Å². The maximum atomic E-state index is 11.5. The number of amides is 1. The molecule has 1 aliphatic carbocycles. The van der Waals surface area contributed by atoms with Crippen LogP contribution >= 0.6 is 0 Å². The summed E-state index contributed by atoms with van der Waals surface area (Å²) in [6.07, 6.45) is 3.73. The van der Waals surface area contributed by atoms with Gasteiger partial charge in [0.25, 0.3) is 0 Å². The van der Waals surface area contributed by atoms with Crippen LogP contribution in [0.15, 0.2) is 12.1 Å². The molecule has 1 fully saturated rings. The third-order valence-corrected chi connectivity index (χ3v) is 3.22. The lowest BCUT2D eigenvalue weighted by Crippen LogP contribution is -2.26. The summed E-state index contributed by atoms with van der Waals surface area (Å²) in [5, 5.41) is 6.30. The molecule has 1 aliphatic rings. The Labute approximate surface area is 120 Å². The minimum atomic E-state index is 0.171. The van der Waals surface area contributed by atoms with Gasteiger partial charge in [0.15, 0.2) is 0 Å². The predicted molar refractivity (Wildman–Crippen MR) is 77.6 cm³/mol. The number of nitrogens with one attached hydrogen (secondary N) is 2. The van der Waals surface area contributed by atoms with Crippen LogP contribution in [0, 0.1) is 6.92 Å². The summed E-state index contributed by atoms with van der Waals surface area (Å²) in [7, 11) is 1.66. The van der Waals surface area contributed by atoms with E-state index in [1.807, 2.05) is 19.1 Å². The van der Waals surface area contributed by atoms with E-state index in [4.69, 9.17) is 4.74 Å². The molecule has 110 valence electrons. The number of carbonyl (C=O) groups excluding carboxylic acids is 1. The SMILES string of the molecule is COc1cc(C)nc(CNCCCC(=O)NC2CC2)c1. The lowest BCUT2D eigenvalue weighted by atomic mass is 10.2. The van der Waals surface area contributed by atoms with Crippen molar-refractivity contribution in [1.82, 2.24) is 15.6 Å². The van der Waals surface area contributed by atoms with E-state index in [-0.39, 0.29) is 5.91 Å². The smallest absolute Gasteiger partial charge is 0.220 e. The Balaban J connectivity index is 1.62. The monoisotopic (exact) mass is 277 g/mol. The molecule has 5 nitrogen and oxygen atoms in total. The number of hydrogen-bond acceptors (Lipinski definition) is 4. The first-order valence-corrected chi connectivity index (χ1v) is 7.19. The van der Waals surface area contributed by atoms with E-state index in [0.29, 0.717) is 19.0 Å². The van der Waals surface area contributed by atoms with Crippen LogP contribution in [0.2, 0.25) is 0 Å². The number of methoxy groups -OCH3 is 1. The van der Waals surface area contributed by atoms with Gasteiger partial charge < -0.3 is 15.4 Å². The van der Waals surface area contributed by atoms with Crippen LogP contribution in [0.5, 0.6) is 5.75 Å². The van der Waals surface area contributed by atoms with E-state index in [1.165, 1.54) is 0 Å². The average molecular weight is 277 g/mol. The third kappa shape index (κ3) is 5.17. The largest absolute Gasteiger partial charge is 0.497 e. The fourth-order valence-electron chi connectivity index (χ4n) is 2.03. The van der Waals surface area contributed by atoms with Crippen molar-refractivity contribution >= 4 is 5.91 Å². The molecule has 0 aliphatic heterocycles. The van der Waals surface area contributed by atoms with Crippen molar-refractivity contribution in [2.24, 2.45) is 0 Å². The molecule has 1 amide bonds. The predicted octanol–water partition coefficient (Wildman–Crippen LogP) is 1.55. The zero-order chi connectivity index (χ0) is 14.4. The lowest BCUT2D eigenvalue weighted by Gasteiger charge is -2.07. The molecule has 0 radical (unpaired) electrons. The first-order valence-electron chi connectivity index (χ1n) is 7.19. The summed E-state index contributed by atoms with van der Waals surface area (Å²) in [5.74, 6) is 1.00. The van der Waals surface area contributed by atoms with Gasteiger partial charge in [0.2, 0.25) is 5.91 Å². The van der Waals surface area contributed by atoms with E-state index < -0.39 is 0 Å². The topological polar surface area (TPSA) is 63.2 Å². The Kier molecular flexibility index (Phi) is 5.35. The first-order chi connectivity index (χ1) is 9.67. The molecule has 1 aromatic rings. The van der Waals surface area contributed by atoms with Crippen molar-refractivity contribution in [3.8, 4) is 5.75 Å². The van der Waals surface area contributed by atoms with Gasteiger partial charge in [-0.25, -0.2) is 0 Å². The van der Waals surface area contributed by atoms with E-state index in [9.17, 15) is 4.79 Å². The van der Waals surface area contributed by atoms with Crippen LogP contribution in [0.25, 0.3) is 0 Å². The van der Waals surface area contributed by atoms with Crippen molar-refractivity contribution in [2.75, 3.05) is 13.7 Å². The second-order valence-electron chi connectivity index (χ2n) is 5.26. The second kappa shape index (κ2) is 7.24. The number of aromatic nitrogens is 1. The molecule has 0 atom stereocenters. The van der Waals surface area contributed by atoms with Crippen LogP contribution in [0.3, 0.4) is 0 Å². The minimum Gasteiger partial charge on any atom is -0.497 e. The summed E-state index contributed by atoms with van der Waals surface area (Å²) in [4.78, 5) is 15.9. The van der Waals surface area contributed by atoms with Crippen LogP contribution in [-0.4, -0.2) is 30.6 Å². The molecular weight excluding hydrogens is 254 g/mol. The molecule has 1 saturated carbocycles. The number of hydrogen-bond donors (Lipinski definition) is 2. The fraction of sp³-hybridized carbons (Fsp3) is 0.600. The standard InChI is InChI=1S/C15H23N3O2/c1-11-8-14(20-2)9-13(17-11)10-16-7-3-4-15(19)18-12-5-6-12/h8-9,12,16H,3-7,10H2,1-2H3,(H,18,19). The maximum Gasteiger partial charge on any atom is 0.220 e. The van der Waals surface area contributed by atoms with E-state index in [2.05, 4.69) is 15.6 Å². The number of carbonyl (C=O) groups is 1. The number of rotatable bonds is 8. The molecule has 0 unspecified atom stereocenters. The van der Waals surface area contributed by atoms with Gasteiger partial charge >= 0.3 is 0 Å². The second-order valence-corrected chi connectivity index (χ2v) is 5.26. The molecule has 0 saturated heterocycles. The number of ether oxygens (including phenoxy) is 1. The quantitative estimate of drug-likeness (QED) is 0.708. The molecule has 1 heterocycles. The highest BCUT2D eigenvalue weighted by atomic mass is 16.5. The summed E-state index contributed by atoms with van der Waals surface area (Å²) >= 11 is 0. The lowest BCUT2D eigenvalue weighted by molar-refractivity contribution is -0.121. The summed E-state index contributed by atoms with van der Waals surface area (Å²) in [6.45, 7) is 3.46. The first kappa shape index (κ1) is 14.8. The van der Waals surface area contributed by atoms with Crippen LogP contribution in [0.4, 0.5) is 0 Å². The minimum absolute atomic E-state index is 0.171. The Hall–Kier alpha value is -1.62. The van der Waals surface area contributed by atoms with E-state index >= 15 is 0 Å². The fourth-order valence-corrected chi connectivity index (χ4v) is 2.03. The normalized spacial score (nSPS) is 14.1. The van der Waals surface area contributed by atoms with Crippen LogP contribution in [-0.2, 0) is 11.3 Å². The Morgan fingerprint density at radius 1 is 1.45 bits per heavy atom. The van der Waals surface area contributed by atoms with Crippen LogP contribution < -0.4 is 15.4 Å². The highest BCUT2D eigenvalue weighted by Gasteiger charge is 2.22. The molecule has 0 aromatic carbocycles. The zero-order valence-corrected chi connectivity index (χ0v) is 12.2. The Morgan fingerprint density at radius 3 is 2.95 bits per heavy atom. The van der Waals surface area contributed by atoms with Crippen molar-refractivity contribution in [1.29, 1.82) is 0 Å². The summed E-state index contributed by atoms with van der Waals surface area (Å²) in [5.41, 5.74) is 1.91. The van der Waals surface area contributed by atoms with Gasteiger partial charge in [-0.1, -0.05) is 0 Å². The van der Waals surface area contributed by atoms with Gasteiger partial charge in [-0.3, -0.25) is 9.78 Å². The Morgan fingerprint density at radius 2 is 2.25 bits per heavy atom. The van der Waals surface area contributed by atoms with Crippen molar-refractivity contribution < 1.29 is 9.53 Å². The van der Waals surface area contributed by atoms with Gasteiger partial charge in [-0.2, -0.15) is 0 Å². The maximum absolute atomic E-state index is 11.5. The van der Waals surface area contributed by atoms with Crippen molar-refractivity contribution in [3.63, 3.8) is 0 Å². The number of pyridine rings is 1. The highest BCUT2D eigenvalue weighted by molar-refractivity contribution is 5.76. The van der Waals surface area contributed by atoms with E-state index in [1.54, 1.807) is 7.11 Å². The third-order valence-electron chi connectivity index (χ3n) is 3.22. The van der Waals surface area contributed by atoms with Crippen LogP contribution in [0.1, 0.15) is 37.1 Å². The number of aryl methyl sites for hydroxylation is 1. The molecule has 0 spiro atoms. The molecule has 1 aromatic heterocycles. The van der Waals surface area contributed by atoms with Crippen molar-refractivity contribution in [3.05, 3.63) is 23.5 Å². The number of nitrogens with zero attached hydrogens (tertiary/aromatic N) is 1. The summed E-state index contributed by atoms with van der Waals surface area (Å²) in [6, 6.07) is 4.30. The summed E-state index contributed by atoms with van der Waals surface area (Å²) < 4.78 is 5.22. The molecule has 0 bridgehead atoms. The molecule has 2 N–H and O–H groups in total. The highest BCUT2D eigenvalue weighted by Crippen LogP contribution is 2.18. The van der Waals surface area contributed by atoms with Gasteiger partial charge in [-0.15, -0.1) is 0 Å². The van der Waals surface area contributed by atoms with Gasteiger partial charge in [0.05, 0.1) is 12.8 Å².